The van der Waals surface area contributed by atoms with Crippen molar-refractivity contribution in [1.82, 2.24) is 4.90 Å². The molecule has 0 unspecified atom stereocenters. The number of anilines is 2. The molecule has 0 saturated carbocycles. The van der Waals surface area contributed by atoms with Crippen LogP contribution < -0.4 is 4.90 Å². The molecule has 0 bridgehead atoms. The number of hydrogen-bond acceptors (Lipinski definition) is 3. The van der Waals surface area contributed by atoms with Gasteiger partial charge in [0.15, 0.2) is 0 Å². The Labute approximate surface area is 152 Å². The number of fused-ring (bicyclic) bond motifs is 2. The second-order valence-electron chi connectivity index (χ2n) is 4.20. The number of para-hydroxylation sites is 1. The minimum Gasteiger partial charge on any atom is -0.340 e. The number of hydrogen-bond donors (Lipinski definition) is 0. The van der Waals surface area contributed by atoms with Crippen LogP contribution in [0.2, 0.25) is 5.02 Å². The molecule has 110 valence electrons. The molecule has 21 heavy (non-hydrogen) atoms. The highest BCUT2D eigenvalue weighted by atomic mass is 35.5. The van der Waals surface area contributed by atoms with E-state index in [1.807, 2.05) is 0 Å². The lowest BCUT2D eigenvalue weighted by Gasteiger charge is -2.33. The number of nitrogens with zero attached hydrogens (tertiary/aromatic N) is 2. The summed E-state index contributed by atoms with van der Waals surface area (Å²) in [6, 6.07) is 11.0. The van der Waals surface area contributed by atoms with Crippen molar-refractivity contribution in [3.05, 3.63) is 47.5 Å². The van der Waals surface area contributed by atoms with Gasteiger partial charge in [0, 0.05) is 37.8 Å². The van der Waals surface area contributed by atoms with Crippen LogP contribution in [0.3, 0.4) is 0 Å². The summed E-state index contributed by atoms with van der Waals surface area (Å²) < 4.78 is 96.2. The van der Waals surface area contributed by atoms with Crippen LogP contribution in [0.1, 0.15) is 22.8 Å². The van der Waals surface area contributed by atoms with E-state index >= 15 is 0 Å². The van der Waals surface area contributed by atoms with Crippen molar-refractivity contribution in [2.75, 3.05) is 31.8 Å². The van der Waals surface area contributed by atoms with Gasteiger partial charge in [0.05, 0.1) is 11.4 Å². The normalized spacial score (nSPS) is 25.0. The maximum Gasteiger partial charge on any atom is 0.0567 e. The third-order valence-electron chi connectivity index (χ3n) is 2.82. The molecule has 1 aliphatic heterocycles. The third kappa shape index (κ3) is 3.20. The van der Waals surface area contributed by atoms with Gasteiger partial charge < -0.3 is 9.80 Å². The molecular weight excluding hydrogens is 300 g/mol. The van der Waals surface area contributed by atoms with Crippen molar-refractivity contribution < 1.29 is 16.4 Å². The Morgan fingerprint density at radius 3 is 2.86 bits per heavy atom. The third-order valence-corrected chi connectivity index (χ3v) is 4.19. The van der Waals surface area contributed by atoms with E-state index in [9.17, 15) is 0 Å². The van der Waals surface area contributed by atoms with Crippen molar-refractivity contribution in [3.8, 4) is 0 Å². The molecule has 3 rings (SSSR count). The van der Waals surface area contributed by atoms with Gasteiger partial charge in [-0.3, -0.25) is 0 Å². The van der Waals surface area contributed by atoms with E-state index < -0.39 is 38.2 Å². The Balaban J connectivity index is 2.26. The lowest BCUT2D eigenvalue weighted by atomic mass is 10.2. The Morgan fingerprint density at radius 1 is 1.19 bits per heavy atom. The molecule has 0 spiro atoms. The predicted molar refractivity (Wildman–Crippen MR) is 92.2 cm³/mol. The first kappa shape index (κ1) is 6.15. The largest absolute Gasteiger partial charge is 0.340 e. The van der Waals surface area contributed by atoms with Gasteiger partial charge in [-0.2, -0.15) is 0 Å². The summed E-state index contributed by atoms with van der Waals surface area (Å²) in [6.45, 7) is -14.3. The molecule has 0 amide bonds. The highest BCUT2D eigenvalue weighted by Gasteiger charge is 2.22. The van der Waals surface area contributed by atoms with Crippen LogP contribution in [0, 0.1) is 0 Å². The summed E-state index contributed by atoms with van der Waals surface area (Å²) in [4.78, 5) is 1.36. The van der Waals surface area contributed by atoms with E-state index in [4.69, 9.17) is 28.1 Å². The minimum absolute atomic E-state index is 0.130. The van der Waals surface area contributed by atoms with Gasteiger partial charge in [0.1, 0.15) is 0 Å². The molecule has 0 aliphatic carbocycles. The topological polar surface area (TPSA) is 6.48 Å². The van der Waals surface area contributed by atoms with Crippen LogP contribution >= 0.6 is 23.4 Å². The van der Waals surface area contributed by atoms with Gasteiger partial charge in [-0.05, 0) is 57.2 Å². The summed E-state index contributed by atoms with van der Waals surface area (Å²) >= 11 is 7.38. The summed E-state index contributed by atoms with van der Waals surface area (Å²) in [6.07, 6.45) is -3.68. The Morgan fingerprint density at radius 2 is 2.00 bits per heavy atom. The molecule has 0 N–H and O–H groups in total. The Hall–Kier alpha value is -1.16. The first-order valence-electron chi connectivity index (χ1n) is 12.0. The van der Waals surface area contributed by atoms with E-state index in [2.05, 4.69) is 0 Å². The highest BCUT2D eigenvalue weighted by molar-refractivity contribution is 7.99. The van der Waals surface area contributed by atoms with Crippen molar-refractivity contribution >= 4 is 34.7 Å². The molecule has 2 aromatic carbocycles. The molecule has 1 aliphatic rings. The molecule has 0 atom stereocenters. The van der Waals surface area contributed by atoms with Gasteiger partial charge in [-0.25, -0.2) is 0 Å². The number of rotatable bonds is 4. The van der Waals surface area contributed by atoms with Crippen molar-refractivity contribution in [1.29, 1.82) is 0 Å². The van der Waals surface area contributed by atoms with E-state index in [0.717, 1.165) is 4.90 Å². The van der Waals surface area contributed by atoms with Gasteiger partial charge >= 0.3 is 0 Å². The Kier molecular flexibility index (Phi) is 1.85. The molecule has 4 heteroatoms. The molecule has 0 saturated heterocycles. The van der Waals surface area contributed by atoms with Crippen molar-refractivity contribution in [3.63, 3.8) is 0 Å². The average Bonchev–Trinajstić information content (AvgIpc) is 2.62. The van der Waals surface area contributed by atoms with Crippen LogP contribution in [0.4, 0.5) is 11.4 Å². The minimum atomic E-state index is -3.80. The first-order valence-corrected chi connectivity index (χ1v) is 7.20. The lowest BCUT2D eigenvalue weighted by Crippen LogP contribution is -2.25. The summed E-state index contributed by atoms with van der Waals surface area (Å²) in [5.41, 5.74) is 0.321. The zero-order valence-corrected chi connectivity index (χ0v) is 12.3. The summed E-state index contributed by atoms with van der Waals surface area (Å²) in [5, 5.41) is 0.213. The quantitative estimate of drug-likeness (QED) is 0.787. The first-order chi connectivity index (χ1) is 14.8. The molecule has 2 nitrogen and oxygen atoms in total. The molecule has 0 aromatic heterocycles. The van der Waals surface area contributed by atoms with E-state index in [0.29, 0.717) is 9.79 Å². The van der Waals surface area contributed by atoms with Crippen LogP contribution in [0.25, 0.3) is 0 Å². The zero-order valence-electron chi connectivity index (χ0n) is 22.7. The van der Waals surface area contributed by atoms with Crippen LogP contribution in [0.15, 0.2) is 52.3 Å². The second kappa shape index (κ2) is 6.30. The second-order valence-corrected chi connectivity index (χ2v) is 5.72. The number of halogens is 1. The number of benzene rings is 2. The fraction of sp³-hybridized carbons (Fsp3) is 0.294. The van der Waals surface area contributed by atoms with Crippen LogP contribution in [-0.2, 0) is 0 Å². The molecular formula is C17H19ClN2S. The van der Waals surface area contributed by atoms with Gasteiger partial charge in [0.2, 0.25) is 0 Å². The average molecular weight is 331 g/mol. The monoisotopic (exact) mass is 330 g/mol. The van der Waals surface area contributed by atoms with E-state index in [1.54, 1.807) is 30.3 Å². The highest BCUT2D eigenvalue weighted by Crippen LogP contribution is 2.48. The van der Waals surface area contributed by atoms with Crippen molar-refractivity contribution in [2.24, 2.45) is 0 Å². The summed E-state index contributed by atoms with van der Waals surface area (Å²) in [5.74, 6) is 0. The molecule has 1 heterocycles. The maximum atomic E-state index is 8.74. The molecule has 0 radical (unpaired) electrons. The maximum absolute atomic E-state index is 8.74. The molecule has 2 aromatic rings. The fourth-order valence-corrected chi connectivity index (χ4v) is 3.19. The van der Waals surface area contributed by atoms with Gasteiger partial charge in [-0.15, -0.1) is 0 Å². The standard InChI is InChI=1S/C17H19ClN2S/c1-19(2)10-5-11-20-14-6-3-4-7-16(14)21-17-9-8-13(18)12-15(17)20/h3-4,6-9,12H,5,10-11H2,1-2H3/i1D3,2D3,5D2,10D2,11D2. The van der Waals surface area contributed by atoms with Gasteiger partial charge in [0.25, 0.3) is 0 Å². The lowest BCUT2D eigenvalue weighted by molar-refractivity contribution is 0.402. The van der Waals surface area contributed by atoms with Gasteiger partial charge in [-0.1, -0.05) is 35.5 Å². The SMILES string of the molecule is [2H]C([2H])([2H])N(C([2H])([2H])[2H])C([2H])([2H])C([2H])([2H])C([2H])([2H])N1c2ccccc2Sc2ccc(Cl)cc21. The predicted octanol–water partition coefficient (Wildman–Crippen LogP) is 4.89. The Bertz CT molecular complexity index is 1040. The van der Waals surface area contributed by atoms with E-state index in [1.165, 1.54) is 23.9 Å². The molecule has 0 fully saturated rings. The summed E-state index contributed by atoms with van der Waals surface area (Å²) in [7, 11) is 0. The van der Waals surface area contributed by atoms with Crippen LogP contribution in [-0.4, -0.2) is 31.8 Å². The zero-order chi connectivity index (χ0) is 25.2. The van der Waals surface area contributed by atoms with Crippen molar-refractivity contribution in [2.45, 2.75) is 16.2 Å². The smallest absolute Gasteiger partial charge is 0.0567 e. The fourth-order valence-electron chi connectivity index (χ4n) is 1.99. The van der Waals surface area contributed by atoms with Crippen LogP contribution in [0.5, 0.6) is 0 Å². The van der Waals surface area contributed by atoms with E-state index in [-0.39, 0.29) is 16.4 Å².